The highest BCUT2D eigenvalue weighted by Gasteiger charge is 2.34. The van der Waals surface area contributed by atoms with E-state index >= 15 is 0 Å². The molecule has 5 nitrogen and oxygen atoms in total. The first-order valence-corrected chi connectivity index (χ1v) is 11.8. The molecule has 0 radical (unpaired) electrons. The van der Waals surface area contributed by atoms with Crippen LogP contribution in [0.5, 0.6) is 0 Å². The number of carbonyl (C=O) groups is 1. The van der Waals surface area contributed by atoms with Crippen molar-refractivity contribution < 1.29 is 9.53 Å². The largest absolute Gasteiger partial charge is 0.466 e. The van der Waals surface area contributed by atoms with Gasteiger partial charge in [0.25, 0.3) is 5.56 Å². The van der Waals surface area contributed by atoms with Gasteiger partial charge in [-0.25, -0.2) is 9.79 Å². The van der Waals surface area contributed by atoms with Crippen LogP contribution in [0.25, 0.3) is 6.08 Å². The van der Waals surface area contributed by atoms with Gasteiger partial charge < -0.3 is 4.74 Å². The van der Waals surface area contributed by atoms with Gasteiger partial charge in [-0.2, -0.15) is 0 Å². The Morgan fingerprint density at radius 1 is 1.15 bits per heavy atom. The lowest BCUT2D eigenvalue weighted by Gasteiger charge is -2.25. The van der Waals surface area contributed by atoms with Crippen molar-refractivity contribution in [2.75, 3.05) is 7.11 Å². The van der Waals surface area contributed by atoms with Crippen LogP contribution in [0, 0.1) is 0 Å². The number of hydrogen-bond acceptors (Lipinski definition) is 5. The number of hydrogen-bond donors (Lipinski definition) is 0. The van der Waals surface area contributed by atoms with E-state index in [0.717, 1.165) is 5.56 Å². The molecule has 1 aliphatic heterocycles. The van der Waals surface area contributed by atoms with Crippen molar-refractivity contribution in [3.05, 3.63) is 101 Å². The van der Waals surface area contributed by atoms with E-state index in [1.807, 2.05) is 36.4 Å². The molecule has 0 N–H and O–H groups in total. The molecule has 0 saturated heterocycles. The number of allylic oxidation sites excluding steroid dienone is 1. The van der Waals surface area contributed by atoms with Gasteiger partial charge in [-0.05, 0) is 41.2 Å². The summed E-state index contributed by atoms with van der Waals surface area (Å²) in [5.41, 5.74) is 3.43. The SMILES string of the molecule is COC(=O)C1=C(C)N=c2s/c(=C\c3ccc(C(C)(C)C)cc3)c(=O)n2[C@@H]1c1ccccc1Cl. The van der Waals surface area contributed by atoms with Gasteiger partial charge in [0.05, 0.1) is 22.9 Å². The summed E-state index contributed by atoms with van der Waals surface area (Å²) < 4.78 is 7.11. The van der Waals surface area contributed by atoms with E-state index in [9.17, 15) is 9.59 Å². The van der Waals surface area contributed by atoms with Gasteiger partial charge in [0.1, 0.15) is 6.04 Å². The third kappa shape index (κ3) is 4.33. The fraction of sp³-hybridized carbons (Fsp3) is 0.269. The Morgan fingerprint density at radius 3 is 2.42 bits per heavy atom. The molecule has 1 aliphatic rings. The molecule has 1 atom stereocenters. The Hall–Kier alpha value is -2.96. The summed E-state index contributed by atoms with van der Waals surface area (Å²) in [6.45, 7) is 8.24. The molecular formula is C26H25ClN2O3S. The second-order valence-corrected chi connectivity index (χ2v) is 10.4. The third-order valence-electron chi connectivity index (χ3n) is 5.70. The lowest BCUT2D eigenvalue weighted by Crippen LogP contribution is -2.39. The number of halogens is 1. The second-order valence-electron chi connectivity index (χ2n) is 8.97. The summed E-state index contributed by atoms with van der Waals surface area (Å²) in [7, 11) is 1.32. The average Bonchev–Trinajstić information content (AvgIpc) is 3.07. The molecule has 0 bridgehead atoms. The summed E-state index contributed by atoms with van der Waals surface area (Å²) in [6.07, 6.45) is 1.86. The van der Waals surface area contributed by atoms with Gasteiger partial charge in [-0.3, -0.25) is 9.36 Å². The molecule has 0 aliphatic carbocycles. The minimum Gasteiger partial charge on any atom is -0.466 e. The van der Waals surface area contributed by atoms with Crippen LogP contribution in [-0.2, 0) is 14.9 Å². The number of ether oxygens (including phenoxy) is 1. The number of aromatic nitrogens is 1. The fourth-order valence-electron chi connectivity index (χ4n) is 3.91. The van der Waals surface area contributed by atoms with Crippen LogP contribution in [0.15, 0.2) is 69.6 Å². The van der Waals surface area contributed by atoms with Crippen LogP contribution in [0.3, 0.4) is 0 Å². The molecule has 2 aromatic carbocycles. The maximum Gasteiger partial charge on any atom is 0.338 e. The Morgan fingerprint density at radius 2 is 1.82 bits per heavy atom. The quantitative estimate of drug-likeness (QED) is 0.523. The van der Waals surface area contributed by atoms with Gasteiger partial charge in [0.15, 0.2) is 4.80 Å². The standard InChI is InChI=1S/C26H25ClN2O3S/c1-15-21(24(31)32-5)22(18-8-6-7-9-19(18)27)29-23(30)20(33-25(29)28-15)14-16-10-12-17(13-11-16)26(2,3)4/h6-14,22H,1-5H3/b20-14-/t22-/m1/s1. The minimum absolute atomic E-state index is 0.0502. The van der Waals surface area contributed by atoms with Crippen LogP contribution in [0.1, 0.15) is 50.4 Å². The van der Waals surface area contributed by atoms with Crippen LogP contribution in [0.4, 0.5) is 0 Å². The molecule has 3 aromatic rings. The van der Waals surface area contributed by atoms with E-state index < -0.39 is 12.0 Å². The fourth-order valence-corrected chi connectivity index (χ4v) is 5.20. The minimum atomic E-state index is -0.715. The summed E-state index contributed by atoms with van der Waals surface area (Å²) in [6, 6.07) is 14.7. The Balaban J connectivity index is 1.92. The number of rotatable bonds is 3. The highest BCUT2D eigenvalue weighted by molar-refractivity contribution is 7.07. The molecule has 2 heterocycles. The first-order chi connectivity index (χ1) is 15.6. The van der Waals surface area contributed by atoms with E-state index in [0.29, 0.717) is 31.2 Å². The van der Waals surface area contributed by atoms with E-state index in [1.54, 1.807) is 17.6 Å². The molecule has 0 unspecified atom stereocenters. The topological polar surface area (TPSA) is 60.7 Å². The van der Waals surface area contributed by atoms with Crippen LogP contribution in [-0.4, -0.2) is 17.6 Å². The zero-order valence-electron chi connectivity index (χ0n) is 19.2. The highest BCUT2D eigenvalue weighted by Crippen LogP contribution is 2.34. The molecule has 0 amide bonds. The third-order valence-corrected chi connectivity index (χ3v) is 7.03. The van der Waals surface area contributed by atoms with Crippen LogP contribution in [0.2, 0.25) is 5.02 Å². The van der Waals surface area contributed by atoms with E-state index in [1.165, 1.54) is 24.0 Å². The van der Waals surface area contributed by atoms with Gasteiger partial charge in [0, 0.05) is 5.02 Å². The Labute approximate surface area is 201 Å². The summed E-state index contributed by atoms with van der Waals surface area (Å²) in [5, 5.41) is 0.464. The van der Waals surface area contributed by atoms with Crippen molar-refractivity contribution in [1.82, 2.24) is 4.57 Å². The zero-order valence-corrected chi connectivity index (χ0v) is 20.8. The number of methoxy groups -OCH3 is 1. The number of carbonyl (C=O) groups excluding carboxylic acids is 1. The lowest BCUT2D eigenvalue weighted by molar-refractivity contribution is -0.136. The Kier molecular flexibility index (Phi) is 6.16. The average molecular weight is 481 g/mol. The number of fused-ring (bicyclic) bond motifs is 1. The van der Waals surface area contributed by atoms with Crippen molar-refractivity contribution in [3.8, 4) is 0 Å². The molecule has 0 fully saturated rings. The maximum absolute atomic E-state index is 13.6. The van der Waals surface area contributed by atoms with Crippen molar-refractivity contribution in [1.29, 1.82) is 0 Å². The molecule has 0 spiro atoms. The molecule has 33 heavy (non-hydrogen) atoms. The highest BCUT2D eigenvalue weighted by atomic mass is 35.5. The first-order valence-electron chi connectivity index (χ1n) is 10.6. The number of nitrogens with zero attached hydrogens (tertiary/aromatic N) is 2. The summed E-state index contributed by atoms with van der Waals surface area (Å²) in [4.78, 5) is 31.4. The lowest BCUT2D eigenvalue weighted by atomic mass is 9.87. The zero-order chi connectivity index (χ0) is 23.9. The van der Waals surface area contributed by atoms with Crippen molar-refractivity contribution in [3.63, 3.8) is 0 Å². The van der Waals surface area contributed by atoms with Gasteiger partial charge in [-0.15, -0.1) is 0 Å². The summed E-state index contributed by atoms with van der Waals surface area (Å²) in [5.74, 6) is -0.534. The van der Waals surface area contributed by atoms with Crippen LogP contribution < -0.4 is 14.9 Å². The molecule has 7 heteroatoms. The second kappa shape index (κ2) is 8.76. The van der Waals surface area contributed by atoms with E-state index in [2.05, 4.69) is 37.9 Å². The number of esters is 1. The van der Waals surface area contributed by atoms with Gasteiger partial charge in [-0.1, -0.05) is 86.2 Å². The molecule has 0 saturated carbocycles. The molecular weight excluding hydrogens is 456 g/mol. The van der Waals surface area contributed by atoms with E-state index in [-0.39, 0.29) is 11.0 Å². The Bertz CT molecular complexity index is 1440. The summed E-state index contributed by atoms with van der Waals surface area (Å²) >= 11 is 7.80. The maximum atomic E-state index is 13.6. The molecule has 4 rings (SSSR count). The van der Waals surface area contributed by atoms with Crippen molar-refractivity contribution >= 4 is 35.0 Å². The smallest absolute Gasteiger partial charge is 0.338 e. The normalized spacial score (nSPS) is 16.4. The van der Waals surface area contributed by atoms with Crippen LogP contribution >= 0.6 is 22.9 Å². The van der Waals surface area contributed by atoms with E-state index in [4.69, 9.17) is 16.3 Å². The first kappa shape index (κ1) is 23.2. The van der Waals surface area contributed by atoms with Gasteiger partial charge in [0.2, 0.25) is 0 Å². The number of thiazole rings is 1. The molecule has 170 valence electrons. The molecule has 1 aromatic heterocycles. The van der Waals surface area contributed by atoms with Crippen molar-refractivity contribution in [2.24, 2.45) is 4.99 Å². The van der Waals surface area contributed by atoms with Crippen molar-refractivity contribution in [2.45, 2.75) is 39.2 Å². The number of benzene rings is 2. The predicted molar refractivity (Wildman–Crippen MR) is 132 cm³/mol. The van der Waals surface area contributed by atoms with Gasteiger partial charge >= 0.3 is 5.97 Å². The monoisotopic (exact) mass is 480 g/mol. The predicted octanol–water partition coefficient (Wildman–Crippen LogP) is 4.36.